The molecule has 0 fully saturated rings. The number of aliphatic hydroxyl groups is 1. The molecule has 1 aliphatic carbocycles. The molecule has 5 heteroatoms. The fourth-order valence-corrected chi connectivity index (χ4v) is 8.38. The summed E-state index contributed by atoms with van der Waals surface area (Å²) in [5.74, 6) is 0.104. The number of hydrogen-bond donors (Lipinski definition) is 1. The van der Waals surface area contributed by atoms with Gasteiger partial charge in [-0.2, -0.15) is 0 Å². The van der Waals surface area contributed by atoms with Crippen molar-refractivity contribution in [2.45, 2.75) is 126 Å². The summed E-state index contributed by atoms with van der Waals surface area (Å²) in [6.45, 7) is 30.1. The Bertz CT molecular complexity index is 2110. The van der Waals surface area contributed by atoms with Crippen LogP contribution in [0.3, 0.4) is 0 Å². The molecule has 2 heterocycles. The van der Waals surface area contributed by atoms with Crippen molar-refractivity contribution < 1.29 is 30.0 Å². The predicted molar refractivity (Wildman–Crippen MR) is 212 cm³/mol. The minimum atomic E-state index is -0.417. The average molecular weight is 867 g/mol. The van der Waals surface area contributed by atoms with Crippen LogP contribution >= 0.6 is 11.3 Å². The molecule has 0 aliphatic heterocycles. The molecule has 2 aromatic heterocycles. The second-order valence-electron chi connectivity index (χ2n) is 18.5. The van der Waals surface area contributed by atoms with E-state index in [1.807, 2.05) is 59.1 Å². The third-order valence-corrected chi connectivity index (χ3v) is 11.5. The molecule has 3 nitrogen and oxygen atoms in total. The van der Waals surface area contributed by atoms with Crippen LogP contribution < -0.4 is 0 Å². The van der Waals surface area contributed by atoms with Crippen LogP contribution in [-0.4, -0.2) is 15.9 Å². The van der Waals surface area contributed by atoms with Gasteiger partial charge in [0.15, 0.2) is 5.78 Å². The molecule has 5 aromatic rings. The van der Waals surface area contributed by atoms with Gasteiger partial charge in [-0.25, -0.2) is 0 Å². The van der Waals surface area contributed by atoms with Gasteiger partial charge in [-0.1, -0.05) is 119 Å². The van der Waals surface area contributed by atoms with Crippen LogP contribution in [0.15, 0.2) is 60.5 Å². The van der Waals surface area contributed by atoms with Crippen LogP contribution in [0, 0.1) is 23.8 Å². The molecule has 3 aromatic carbocycles. The second-order valence-corrected chi connectivity index (χ2v) is 19.5. The number of aromatic nitrogens is 1. The van der Waals surface area contributed by atoms with Crippen molar-refractivity contribution >= 4 is 48.1 Å². The van der Waals surface area contributed by atoms with Crippen molar-refractivity contribution in [2.75, 3.05) is 0 Å². The van der Waals surface area contributed by atoms with Crippen molar-refractivity contribution in [1.29, 1.82) is 0 Å². The van der Waals surface area contributed by atoms with Crippen LogP contribution in [-0.2, 0) is 41.1 Å². The first kappa shape index (κ1) is 39.9. The van der Waals surface area contributed by atoms with Gasteiger partial charge in [0.05, 0.1) is 0 Å². The third kappa shape index (κ3) is 7.67. The van der Waals surface area contributed by atoms with E-state index < -0.39 is 5.41 Å². The third-order valence-electron chi connectivity index (χ3n) is 10.3. The molecular formula is C45H56IrNO2S-. The monoisotopic (exact) mass is 867 g/mol. The Labute approximate surface area is 318 Å². The van der Waals surface area contributed by atoms with Crippen molar-refractivity contribution in [1.82, 2.24) is 4.98 Å². The number of aliphatic hydroxyl groups excluding tert-OH is 1. The first-order valence-electron chi connectivity index (χ1n) is 17.7. The first-order chi connectivity index (χ1) is 22.4. The summed E-state index contributed by atoms with van der Waals surface area (Å²) >= 11 is 1.91. The van der Waals surface area contributed by atoms with Gasteiger partial charge >= 0.3 is 0 Å². The number of thiophene rings is 1. The maximum absolute atomic E-state index is 11.5. The molecule has 0 saturated carbocycles. The predicted octanol–water partition coefficient (Wildman–Crippen LogP) is 13.1. The summed E-state index contributed by atoms with van der Waals surface area (Å²) in [6, 6.07) is 19.4. The molecule has 1 N–H and O–H groups in total. The number of nitrogens with zero attached hydrogens (tertiary/aromatic N) is 1. The van der Waals surface area contributed by atoms with Crippen LogP contribution in [0.4, 0.5) is 0 Å². The molecule has 6 rings (SSSR count). The van der Waals surface area contributed by atoms with Crippen molar-refractivity contribution in [3.05, 3.63) is 88.8 Å². The molecule has 0 spiro atoms. The van der Waals surface area contributed by atoms with E-state index in [0.717, 1.165) is 16.6 Å². The summed E-state index contributed by atoms with van der Waals surface area (Å²) in [5.41, 5.74) is 7.73. The summed E-state index contributed by atoms with van der Waals surface area (Å²) in [4.78, 5) is 16.5. The molecular weight excluding hydrogens is 811 g/mol. The topological polar surface area (TPSA) is 50.2 Å². The normalized spacial score (nSPS) is 16.1. The Kier molecular flexibility index (Phi) is 10.9. The molecule has 0 bridgehead atoms. The minimum Gasteiger partial charge on any atom is -0.512 e. The van der Waals surface area contributed by atoms with E-state index in [4.69, 9.17) is 4.98 Å². The van der Waals surface area contributed by atoms with Crippen LogP contribution in [0.25, 0.3) is 42.2 Å². The van der Waals surface area contributed by atoms with E-state index in [2.05, 4.69) is 104 Å². The molecule has 50 heavy (non-hydrogen) atoms. The minimum absolute atomic E-state index is 0. The molecule has 1 radical (unpaired) electrons. The number of allylic oxidation sites excluding steroid dienone is 2. The summed E-state index contributed by atoms with van der Waals surface area (Å²) < 4.78 is 2.66. The van der Waals surface area contributed by atoms with Gasteiger partial charge in [-0.05, 0) is 70.2 Å². The molecule has 0 amide bonds. The molecule has 1 aliphatic rings. The quantitative estimate of drug-likeness (QED) is 0.109. The SMILES string of the molecule is CC(C)(C)C(=O)/C=C(\O)C(C)(C)C.Cc1c2c(cc3sc4c(-c5[c-]c6ccccc6c(C(C)(C)C)c5)nccc4c13)C(C)(C)CCC2(C)C.[Ir]. The zero-order valence-electron chi connectivity index (χ0n) is 32.7. The van der Waals surface area contributed by atoms with Gasteiger partial charge in [-0.3, -0.25) is 9.78 Å². The number of carbonyl (C=O) groups is 1. The van der Waals surface area contributed by atoms with Gasteiger partial charge in [0, 0.05) is 63.7 Å². The van der Waals surface area contributed by atoms with Crippen LogP contribution in [0.1, 0.15) is 125 Å². The molecule has 0 atom stereocenters. The smallest absolute Gasteiger partial charge is 0.164 e. The number of hydrogen-bond acceptors (Lipinski definition) is 4. The molecule has 0 saturated heterocycles. The molecule has 269 valence electrons. The molecule has 0 unspecified atom stereocenters. The van der Waals surface area contributed by atoms with Gasteiger partial charge in [0.2, 0.25) is 0 Å². The zero-order chi connectivity index (χ0) is 36.5. The number of aryl methyl sites for hydroxylation is 1. The van der Waals surface area contributed by atoms with E-state index in [1.165, 1.54) is 61.2 Å². The number of pyridine rings is 1. The fraction of sp³-hybridized carbons (Fsp3) is 0.467. The van der Waals surface area contributed by atoms with Crippen molar-refractivity contribution in [2.24, 2.45) is 10.8 Å². The zero-order valence-corrected chi connectivity index (χ0v) is 35.9. The van der Waals surface area contributed by atoms with E-state index in [9.17, 15) is 9.90 Å². The Morgan fingerprint density at radius 2 is 1.50 bits per heavy atom. The Morgan fingerprint density at radius 3 is 2.10 bits per heavy atom. The summed E-state index contributed by atoms with van der Waals surface area (Å²) in [5, 5.41) is 14.8. The van der Waals surface area contributed by atoms with Gasteiger partial charge < -0.3 is 5.11 Å². The Balaban J connectivity index is 0.000000345. The van der Waals surface area contributed by atoms with Crippen LogP contribution in [0.2, 0.25) is 0 Å². The van der Waals surface area contributed by atoms with Gasteiger partial charge in [0.25, 0.3) is 0 Å². The van der Waals surface area contributed by atoms with Crippen molar-refractivity contribution in [3.63, 3.8) is 0 Å². The van der Waals surface area contributed by atoms with E-state index in [1.54, 1.807) is 5.56 Å². The fourth-order valence-electron chi connectivity index (χ4n) is 7.08. The summed E-state index contributed by atoms with van der Waals surface area (Å²) in [7, 11) is 0. The number of ketones is 1. The summed E-state index contributed by atoms with van der Waals surface area (Å²) in [6.07, 6.45) is 5.80. The first-order valence-corrected chi connectivity index (χ1v) is 18.5. The van der Waals surface area contributed by atoms with E-state index in [0.29, 0.717) is 0 Å². The second kappa shape index (κ2) is 13.6. The Morgan fingerprint density at radius 1 is 0.880 bits per heavy atom. The van der Waals surface area contributed by atoms with E-state index >= 15 is 0 Å². The van der Waals surface area contributed by atoms with Crippen molar-refractivity contribution in [3.8, 4) is 11.3 Å². The number of fused-ring (bicyclic) bond motifs is 5. The largest absolute Gasteiger partial charge is 0.512 e. The average Bonchev–Trinajstić information content (AvgIpc) is 3.37. The number of benzene rings is 3. The number of carbonyl (C=O) groups excluding carboxylic acids is 1. The maximum atomic E-state index is 11.5. The van der Waals surface area contributed by atoms with E-state index in [-0.39, 0.29) is 53.3 Å². The van der Waals surface area contributed by atoms with Gasteiger partial charge in [-0.15, -0.1) is 40.5 Å². The standard InChI is InChI=1S/C34H36NS.C11H20O2.Ir/c1-20-28-24-13-16-35-30(22-17-21-11-9-10-12-23(21)25(18-22)32(2,3)4)31(24)36-27(28)19-26-29(20)34(7,8)15-14-33(26,5)6;1-10(2,3)8(12)7-9(13)11(4,5)6;/h9-13,16,18-19H,14-15H2,1-8H3;7,12H,1-6H3;/q-1;;/b;8-7-;. The maximum Gasteiger partial charge on any atom is 0.164 e. The van der Waals surface area contributed by atoms with Gasteiger partial charge in [0.1, 0.15) is 5.76 Å². The Hall–Kier alpha value is -2.85. The number of rotatable bonds is 2. The van der Waals surface area contributed by atoms with Crippen LogP contribution in [0.5, 0.6) is 0 Å².